The third kappa shape index (κ3) is 11.2. The van der Waals surface area contributed by atoms with Gasteiger partial charge >= 0.3 is 18.9 Å². The first-order valence-corrected chi connectivity index (χ1v) is 8.80. The third-order valence-corrected chi connectivity index (χ3v) is 6.57. The molecule has 0 fully saturated rings. The Morgan fingerprint density at radius 3 is 1.21 bits per heavy atom. The van der Waals surface area contributed by atoms with Crippen molar-refractivity contribution in [3.8, 4) is 0 Å². The SMILES string of the molecule is CCC[CH2][Al]([CH2]CCC)[CH2]CCC.[H-].[Li+]. The molecular formula is C12H28AlLi. The van der Waals surface area contributed by atoms with E-state index in [1.807, 2.05) is 0 Å². The van der Waals surface area contributed by atoms with E-state index in [0.29, 0.717) is 0 Å². The quantitative estimate of drug-likeness (QED) is 0.506. The predicted molar refractivity (Wildman–Crippen MR) is 66.0 cm³/mol. The van der Waals surface area contributed by atoms with Gasteiger partial charge in [-0.15, -0.1) is 0 Å². The predicted octanol–water partition coefficient (Wildman–Crippen LogP) is 2.00. The molecule has 0 aliphatic carbocycles. The molecule has 0 rings (SSSR count). The number of unbranched alkanes of at least 4 members (excludes halogenated alkanes) is 3. The maximum Gasteiger partial charge on any atom is 1.00 e. The molecule has 0 nitrogen and oxygen atoms in total. The van der Waals surface area contributed by atoms with Crippen LogP contribution in [0.25, 0.3) is 0 Å². The molecule has 2 heteroatoms. The van der Waals surface area contributed by atoms with Gasteiger partial charge in [0.25, 0.3) is 14.1 Å². The summed E-state index contributed by atoms with van der Waals surface area (Å²) in [5.41, 5.74) is 0. The zero-order chi connectivity index (χ0) is 9.94. The summed E-state index contributed by atoms with van der Waals surface area (Å²) in [7, 11) is 0. The minimum atomic E-state index is -0.287. The Morgan fingerprint density at radius 1 is 0.714 bits per heavy atom. The number of hydrogen-bond acceptors (Lipinski definition) is 0. The number of rotatable bonds is 9. The molecule has 0 unspecified atom stereocenters. The molecule has 0 saturated heterocycles. The van der Waals surface area contributed by atoms with Crippen molar-refractivity contribution in [2.24, 2.45) is 0 Å². The Bertz CT molecular complexity index is 82.6. The van der Waals surface area contributed by atoms with Gasteiger partial charge in [-0.1, -0.05) is 75.1 Å². The molecule has 14 heavy (non-hydrogen) atoms. The Labute approximate surface area is 109 Å². The van der Waals surface area contributed by atoms with Crippen molar-refractivity contribution in [3.63, 3.8) is 0 Å². The topological polar surface area (TPSA) is 0 Å². The van der Waals surface area contributed by atoms with Crippen LogP contribution < -0.4 is 18.9 Å². The second-order valence-corrected chi connectivity index (χ2v) is 7.76. The van der Waals surface area contributed by atoms with Gasteiger partial charge in [0.1, 0.15) is 0 Å². The van der Waals surface area contributed by atoms with E-state index in [0.717, 1.165) is 0 Å². The largest absolute Gasteiger partial charge is 1.00 e. The van der Waals surface area contributed by atoms with Crippen molar-refractivity contribution < 1.29 is 20.3 Å². The van der Waals surface area contributed by atoms with Gasteiger partial charge in [-0.25, -0.2) is 0 Å². The normalized spacial score (nSPS) is 9.64. The van der Waals surface area contributed by atoms with Crippen LogP contribution >= 0.6 is 0 Å². The van der Waals surface area contributed by atoms with Crippen molar-refractivity contribution in [2.75, 3.05) is 0 Å². The van der Waals surface area contributed by atoms with Crippen molar-refractivity contribution in [2.45, 2.75) is 75.1 Å². The summed E-state index contributed by atoms with van der Waals surface area (Å²) in [6.07, 6.45) is 8.73. The first-order valence-electron chi connectivity index (χ1n) is 6.35. The molecular weight excluding hydrogens is 178 g/mol. The second kappa shape index (κ2) is 14.1. The summed E-state index contributed by atoms with van der Waals surface area (Å²) >= 11 is -0.287. The Morgan fingerprint density at radius 2 is 1.00 bits per heavy atom. The van der Waals surface area contributed by atoms with Crippen LogP contribution in [0, 0.1) is 0 Å². The van der Waals surface area contributed by atoms with E-state index in [4.69, 9.17) is 0 Å². The van der Waals surface area contributed by atoms with Crippen molar-refractivity contribution in [1.29, 1.82) is 0 Å². The molecule has 0 radical (unpaired) electrons. The van der Waals surface area contributed by atoms with Crippen LogP contribution in [0.4, 0.5) is 0 Å². The molecule has 0 atom stereocenters. The molecule has 0 aliphatic rings. The maximum absolute atomic E-state index is 2.32. The first-order chi connectivity index (χ1) is 6.35. The molecule has 0 heterocycles. The molecule has 0 aliphatic heterocycles. The molecule has 0 aromatic rings. The average molecular weight is 206 g/mol. The Kier molecular flexibility index (Phi) is 17.7. The summed E-state index contributed by atoms with van der Waals surface area (Å²) in [6, 6.07) is 0. The summed E-state index contributed by atoms with van der Waals surface area (Å²) in [4.78, 5) is 0. The van der Waals surface area contributed by atoms with Crippen molar-refractivity contribution in [1.82, 2.24) is 0 Å². The van der Waals surface area contributed by atoms with Gasteiger partial charge in [0.15, 0.2) is 0 Å². The van der Waals surface area contributed by atoms with Gasteiger partial charge in [-0.3, -0.25) is 0 Å². The first kappa shape index (κ1) is 17.5. The standard InChI is InChI=1S/3C4H9.Al.Li.H/c3*1-3-4-2;;;/h3*1,3-4H2,2H3;;;/q;;;;+1;-1. The van der Waals surface area contributed by atoms with Crippen molar-refractivity contribution in [3.05, 3.63) is 0 Å². The molecule has 0 saturated carbocycles. The van der Waals surface area contributed by atoms with E-state index in [2.05, 4.69) is 20.8 Å². The number of hydrogen-bond donors (Lipinski definition) is 0. The fourth-order valence-corrected chi connectivity index (χ4v) is 5.73. The molecule has 0 spiro atoms. The van der Waals surface area contributed by atoms with Gasteiger partial charge in [0.05, 0.1) is 0 Å². The van der Waals surface area contributed by atoms with Gasteiger partial charge in [-0.05, 0) is 0 Å². The third-order valence-electron chi connectivity index (χ3n) is 2.90. The molecule has 80 valence electrons. The van der Waals surface area contributed by atoms with Crippen LogP contribution in [-0.2, 0) is 0 Å². The van der Waals surface area contributed by atoms with E-state index >= 15 is 0 Å². The maximum atomic E-state index is 2.32. The average Bonchev–Trinajstić information content (AvgIpc) is 2.17. The fraction of sp³-hybridized carbons (Fsp3) is 1.00. The van der Waals surface area contributed by atoms with Gasteiger partial charge in [0.2, 0.25) is 0 Å². The zero-order valence-electron chi connectivity index (χ0n) is 11.9. The molecule has 0 N–H and O–H groups in total. The minimum absolute atomic E-state index is 0. The van der Waals surface area contributed by atoms with E-state index in [1.54, 1.807) is 15.8 Å². The van der Waals surface area contributed by atoms with E-state index in [-0.39, 0.29) is 34.4 Å². The van der Waals surface area contributed by atoms with E-state index in [9.17, 15) is 0 Å². The van der Waals surface area contributed by atoms with Gasteiger partial charge < -0.3 is 1.43 Å². The summed E-state index contributed by atoms with van der Waals surface area (Å²) in [6.45, 7) is 6.97. The molecule has 0 amide bonds. The van der Waals surface area contributed by atoms with Crippen LogP contribution in [0.15, 0.2) is 0 Å². The zero-order valence-corrected chi connectivity index (χ0v) is 12.1. The Balaban J connectivity index is -0.000000720. The summed E-state index contributed by atoms with van der Waals surface area (Å²) < 4.78 is 0. The van der Waals surface area contributed by atoms with E-state index < -0.39 is 0 Å². The van der Waals surface area contributed by atoms with Crippen LogP contribution in [0.3, 0.4) is 0 Å². The van der Waals surface area contributed by atoms with Crippen LogP contribution in [0.1, 0.15) is 60.7 Å². The fourth-order valence-electron chi connectivity index (χ4n) is 1.91. The summed E-state index contributed by atoms with van der Waals surface area (Å²) in [5.74, 6) is 0. The monoisotopic (exact) mass is 206 g/mol. The van der Waals surface area contributed by atoms with Crippen LogP contribution in [0.5, 0.6) is 0 Å². The van der Waals surface area contributed by atoms with Gasteiger partial charge in [-0.2, -0.15) is 0 Å². The molecule has 0 aromatic carbocycles. The second-order valence-electron chi connectivity index (χ2n) is 4.29. The molecule has 0 bridgehead atoms. The van der Waals surface area contributed by atoms with Crippen molar-refractivity contribution >= 4 is 14.1 Å². The van der Waals surface area contributed by atoms with Gasteiger partial charge in [0, 0.05) is 0 Å². The smallest absolute Gasteiger partial charge is 1.00 e. The van der Waals surface area contributed by atoms with Crippen LogP contribution in [-0.4, -0.2) is 14.1 Å². The summed E-state index contributed by atoms with van der Waals surface area (Å²) in [5, 5.41) is 4.86. The minimum Gasteiger partial charge on any atom is -1.00 e. The Hall–Kier alpha value is 1.13. The van der Waals surface area contributed by atoms with E-state index in [1.165, 1.54) is 38.5 Å². The van der Waals surface area contributed by atoms with Crippen LogP contribution in [0.2, 0.25) is 15.8 Å². The molecule has 0 aromatic heterocycles.